The maximum Gasteiger partial charge on any atom is 0.0641 e. The molecule has 0 aliphatic heterocycles. The molecule has 2 aliphatic rings. The zero-order valence-corrected chi connectivity index (χ0v) is 22.2. The summed E-state index contributed by atoms with van der Waals surface area (Å²) in [4.78, 5) is 9.76. The van der Waals surface area contributed by atoms with Crippen LogP contribution >= 0.6 is 15.8 Å². The SMILES string of the molecule is CC(C)(CCC(C)(C)P(c1ccccn1)[C@H]1C=CCC1)P(c1ccccn1)C1CCCC1. The Morgan fingerprint density at radius 2 is 1.34 bits per heavy atom. The molecule has 0 saturated heterocycles. The summed E-state index contributed by atoms with van der Waals surface area (Å²) in [5.74, 6) is 0. The summed E-state index contributed by atoms with van der Waals surface area (Å²) in [5.41, 5.74) is 4.23. The van der Waals surface area contributed by atoms with Crippen LogP contribution in [0.5, 0.6) is 0 Å². The van der Waals surface area contributed by atoms with Crippen molar-refractivity contribution in [2.75, 3.05) is 0 Å². The van der Waals surface area contributed by atoms with Crippen LogP contribution in [0.3, 0.4) is 0 Å². The largest absolute Gasteiger partial charge is 0.257 e. The van der Waals surface area contributed by atoms with Gasteiger partial charge in [-0.25, -0.2) is 0 Å². The lowest BCUT2D eigenvalue weighted by Gasteiger charge is -2.43. The van der Waals surface area contributed by atoms with E-state index in [1.165, 1.54) is 62.2 Å². The molecular formula is C28H40N2P2. The van der Waals surface area contributed by atoms with E-state index in [9.17, 15) is 0 Å². The molecule has 172 valence electrons. The normalized spacial score (nSPS) is 21.7. The predicted octanol–water partition coefficient (Wildman–Crippen LogP) is 7.39. The van der Waals surface area contributed by atoms with E-state index in [1.54, 1.807) is 0 Å². The van der Waals surface area contributed by atoms with Crippen molar-refractivity contribution in [3.63, 3.8) is 0 Å². The van der Waals surface area contributed by atoms with Crippen molar-refractivity contribution in [3.8, 4) is 0 Å². The predicted molar refractivity (Wildman–Crippen MR) is 143 cm³/mol. The molecule has 2 aromatic heterocycles. The fourth-order valence-electron chi connectivity index (χ4n) is 5.76. The Balaban J connectivity index is 1.56. The van der Waals surface area contributed by atoms with Gasteiger partial charge in [0.25, 0.3) is 0 Å². The molecule has 1 fully saturated rings. The van der Waals surface area contributed by atoms with Gasteiger partial charge in [-0.05, 0) is 94.6 Å². The molecule has 3 atom stereocenters. The minimum Gasteiger partial charge on any atom is -0.257 e. The monoisotopic (exact) mass is 466 g/mol. The van der Waals surface area contributed by atoms with Crippen molar-refractivity contribution in [2.24, 2.45) is 0 Å². The van der Waals surface area contributed by atoms with Crippen molar-refractivity contribution in [1.82, 2.24) is 9.97 Å². The number of hydrogen-bond acceptors (Lipinski definition) is 2. The molecule has 0 spiro atoms. The number of hydrogen-bond donors (Lipinski definition) is 0. The average Bonchev–Trinajstić information content (AvgIpc) is 3.49. The Kier molecular flexibility index (Phi) is 7.85. The van der Waals surface area contributed by atoms with Gasteiger partial charge in [-0.15, -0.1) is 0 Å². The molecule has 0 bridgehead atoms. The van der Waals surface area contributed by atoms with Crippen LogP contribution < -0.4 is 10.9 Å². The molecule has 1 saturated carbocycles. The van der Waals surface area contributed by atoms with Gasteiger partial charge in [0.1, 0.15) is 0 Å². The van der Waals surface area contributed by atoms with E-state index in [2.05, 4.69) is 76.2 Å². The van der Waals surface area contributed by atoms with E-state index in [-0.39, 0.29) is 21.0 Å². The van der Waals surface area contributed by atoms with Crippen molar-refractivity contribution in [2.45, 2.75) is 101 Å². The smallest absolute Gasteiger partial charge is 0.0641 e. The van der Waals surface area contributed by atoms with Gasteiger partial charge < -0.3 is 0 Å². The molecule has 0 radical (unpaired) electrons. The molecule has 4 heteroatoms. The van der Waals surface area contributed by atoms with Crippen molar-refractivity contribution in [3.05, 3.63) is 60.9 Å². The molecule has 2 nitrogen and oxygen atoms in total. The van der Waals surface area contributed by atoms with Gasteiger partial charge in [-0.3, -0.25) is 9.97 Å². The highest BCUT2D eigenvalue weighted by Crippen LogP contribution is 2.62. The maximum atomic E-state index is 4.89. The van der Waals surface area contributed by atoms with Gasteiger partial charge >= 0.3 is 0 Å². The molecule has 32 heavy (non-hydrogen) atoms. The summed E-state index contributed by atoms with van der Waals surface area (Å²) in [7, 11) is -0.614. The van der Waals surface area contributed by atoms with E-state index in [0.29, 0.717) is 10.8 Å². The Morgan fingerprint density at radius 3 is 1.84 bits per heavy atom. The lowest BCUT2D eigenvalue weighted by atomic mass is 9.99. The first kappa shape index (κ1) is 24.0. The van der Waals surface area contributed by atoms with Crippen LogP contribution in [-0.2, 0) is 0 Å². The number of pyridine rings is 2. The van der Waals surface area contributed by atoms with E-state index < -0.39 is 0 Å². The lowest BCUT2D eigenvalue weighted by Crippen LogP contribution is -2.35. The summed E-state index contributed by atoms with van der Waals surface area (Å²) in [5, 5.41) is 0.563. The summed E-state index contributed by atoms with van der Waals surface area (Å²) >= 11 is 0. The van der Waals surface area contributed by atoms with Gasteiger partial charge in [-0.2, -0.15) is 0 Å². The summed E-state index contributed by atoms with van der Waals surface area (Å²) in [6.45, 7) is 10.1. The van der Waals surface area contributed by atoms with Crippen LogP contribution in [0.1, 0.15) is 79.1 Å². The van der Waals surface area contributed by atoms with Gasteiger partial charge in [0.05, 0.1) is 10.9 Å². The van der Waals surface area contributed by atoms with Crippen molar-refractivity contribution in [1.29, 1.82) is 0 Å². The summed E-state index contributed by atoms with van der Waals surface area (Å²) in [6.07, 6.45) is 19.5. The molecule has 2 aromatic rings. The molecule has 2 aliphatic carbocycles. The first-order valence-corrected chi connectivity index (χ1v) is 15.3. The number of rotatable bonds is 9. The Hall–Kier alpha value is -1.10. The second-order valence-corrected chi connectivity index (χ2v) is 17.0. The first-order valence-electron chi connectivity index (χ1n) is 12.5. The molecule has 0 N–H and O–H groups in total. The van der Waals surface area contributed by atoms with Crippen LogP contribution in [0.2, 0.25) is 0 Å². The minimum absolute atomic E-state index is 0.265. The van der Waals surface area contributed by atoms with Crippen LogP contribution in [0.15, 0.2) is 60.9 Å². The maximum absolute atomic E-state index is 4.89. The average molecular weight is 467 g/mol. The van der Waals surface area contributed by atoms with E-state index in [0.717, 1.165) is 5.66 Å². The molecule has 0 aromatic carbocycles. The molecule has 4 rings (SSSR count). The van der Waals surface area contributed by atoms with Crippen LogP contribution in [-0.4, -0.2) is 31.6 Å². The Labute approximate surface area is 198 Å². The van der Waals surface area contributed by atoms with Gasteiger partial charge in [0.15, 0.2) is 0 Å². The van der Waals surface area contributed by atoms with Gasteiger partial charge in [-0.1, -0.05) is 64.8 Å². The van der Waals surface area contributed by atoms with E-state index >= 15 is 0 Å². The zero-order valence-electron chi connectivity index (χ0n) is 20.4. The van der Waals surface area contributed by atoms with Crippen LogP contribution in [0.25, 0.3) is 0 Å². The number of nitrogens with zero attached hydrogens (tertiary/aromatic N) is 2. The van der Waals surface area contributed by atoms with Crippen molar-refractivity contribution < 1.29 is 0 Å². The standard InChI is InChI=1S/C28H40N2P2/c1-27(2,31(23-13-5-6-14-23)25-17-9-11-21-29-25)19-20-28(3,4)32(24-15-7-8-16-24)26-18-10-12-22-30-26/h5,9-13,17-18,21-24H,6-8,14-16,19-20H2,1-4H3/t23-,31?,32?/m0/s1. The highest BCUT2D eigenvalue weighted by atomic mass is 31.1. The van der Waals surface area contributed by atoms with E-state index in [4.69, 9.17) is 9.97 Å². The summed E-state index contributed by atoms with van der Waals surface area (Å²) in [6, 6.07) is 13.1. The number of allylic oxidation sites excluding steroid dienone is 2. The third-order valence-corrected chi connectivity index (χ3v) is 14.4. The van der Waals surface area contributed by atoms with E-state index in [1.807, 2.05) is 12.4 Å². The second kappa shape index (κ2) is 10.4. The second-order valence-electron chi connectivity index (χ2n) is 10.8. The third-order valence-electron chi connectivity index (χ3n) is 7.45. The van der Waals surface area contributed by atoms with Gasteiger partial charge in [0, 0.05) is 18.1 Å². The molecule has 2 heterocycles. The minimum atomic E-state index is -0.343. The Morgan fingerprint density at radius 1 is 0.781 bits per heavy atom. The highest BCUT2D eigenvalue weighted by molar-refractivity contribution is 7.68. The van der Waals surface area contributed by atoms with Crippen LogP contribution in [0, 0.1) is 0 Å². The lowest BCUT2D eigenvalue weighted by molar-refractivity contribution is 0.517. The fourth-order valence-corrected chi connectivity index (χ4v) is 12.8. The highest BCUT2D eigenvalue weighted by Gasteiger charge is 2.42. The quantitative estimate of drug-likeness (QED) is 0.284. The first-order chi connectivity index (χ1) is 15.4. The Bertz CT molecular complexity index is 873. The number of aromatic nitrogens is 2. The molecule has 2 unspecified atom stereocenters. The molecule has 0 amide bonds. The zero-order chi connectivity index (χ0) is 22.6. The topological polar surface area (TPSA) is 25.8 Å². The fraction of sp³-hybridized carbons (Fsp3) is 0.571. The van der Waals surface area contributed by atoms with Crippen LogP contribution in [0.4, 0.5) is 0 Å². The summed E-state index contributed by atoms with van der Waals surface area (Å²) < 4.78 is 0. The third kappa shape index (κ3) is 5.51. The van der Waals surface area contributed by atoms with Gasteiger partial charge in [0.2, 0.25) is 0 Å². The molecular weight excluding hydrogens is 426 g/mol. The van der Waals surface area contributed by atoms with Crippen molar-refractivity contribution >= 4 is 26.7 Å².